The molecule has 1 aliphatic rings. The molecule has 1 aromatic carbocycles. The van der Waals surface area contributed by atoms with Crippen LogP contribution in [0.25, 0.3) is 0 Å². The van der Waals surface area contributed by atoms with E-state index in [0.717, 1.165) is 18.4 Å². The van der Waals surface area contributed by atoms with Gasteiger partial charge < -0.3 is 9.57 Å². The molecule has 1 fully saturated rings. The van der Waals surface area contributed by atoms with Crippen molar-refractivity contribution in [3.8, 4) is 0 Å². The van der Waals surface area contributed by atoms with Crippen molar-refractivity contribution in [2.45, 2.75) is 32.3 Å². The Hall–Kier alpha value is -2.37. The molecule has 1 N–H and O–H groups in total. The molecular weight excluding hydrogens is 274 g/mol. The van der Waals surface area contributed by atoms with Crippen LogP contribution in [0.2, 0.25) is 0 Å². The summed E-state index contributed by atoms with van der Waals surface area (Å²) in [5.41, 5.74) is 2.68. The summed E-state index contributed by atoms with van der Waals surface area (Å²) >= 11 is 0. The van der Waals surface area contributed by atoms with Gasteiger partial charge in [-0.2, -0.15) is 0 Å². The number of Topliss-reactive ketones (excluding diaryl/α,β-unsaturated/α-hetero) is 1. The van der Waals surface area contributed by atoms with Crippen molar-refractivity contribution in [2.75, 3.05) is 0 Å². The molecule has 0 heterocycles. The molecule has 0 atom stereocenters. The summed E-state index contributed by atoms with van der Waals surface area (Å²) in [7, 11) is 0. The molecule has 0 saturated heterocycles. The van der Waals surface area contributed by atoms with Gasteiger partial charge in [0, 0.05) is 6.42 Å². The molecule has 2 rings (SSSR count). The van der Waals surface area contributed by atoms with Gasteiger partial charge in [-0.3, -0.25) is 4.79 Å². The number of carbonyl (C=O) groups is 3. The second-order valence-electron chi connectivity index (χ2n) is 5.00. The van der Waals surface area contributed by atoms with E-state index in [1.807, 2.05) is 23.7 Å². The first-order valence-corrected chi connectivity index (χ1v) is 6.81. The van der Waals surface area contributed by atoms with E-state index in [-0.39, 0.29) is 18.8 Å². The van der Waals surface area contributed by atoms with Gasteiger partial charge in [-0.25, -0.2) is 9.59 Å². The predicted molar refractivity (Wildman–Crippen MR) is 72.8 cm³/mol. The summed E-state index contributed by atoms with van der Waals surface area (Å²) in [6.07, 6.45) is 1.31. The van der Waals surface area contributed by atoms with Gasteiger partial charge in [0.05, 0.1) is 0 Å². The second-order valence-corrected chi connectivity index (χ2v) is 5.00. The maximum atomic E-state index is 11.4. The zero-order chi connectivity index (χ0) is 15.1. The average Bonchev–Trinajstić information content (AvgIpc) is 3.27. The Morgan fingerprint density at radius 1 is 1.14 bits per heavy atom. The summed E-state index contributed by atoms with van der Waals surface area (Å²) in [5.74, 6) is -0.520. The zero-order valence-electron chi connectivity index (χ0n) is 11.5. The highest BCUT2D eigenvalue weighted by atomic mass is 16.7. The number of hydroxylamine groups is 1. The van der Waals surface area contributed by atoms with E-state index in [1.165, 1.54) is 0 Å². The quantitative estimate of drug-likeness (QED) is 0.641. The van der Waals surface area contributed by atoms with E-state index in [0.29, 0.717) is 12.3 Å². The van der Waals surface area contributed by atoms with Crippen molar-refractivity contribution < 1.29 is 24.0 Å². The lowest BCUT2D eigenvalue weighted by atomic mass is 10.1. The number of ether oxygens (including phenoxy) is 1. The van der Waals surface area contributed by atoms with Crippen LogP contribution in [0.4, 0.5) is 4.79 Å². The van der Waals surface area contributed by atoms with Crippen LogP contribution in [-0.2, 0) is 25.8 Å². The number of nitrogens with one attached hydrogen (secondary N) is 1. The van der Waals surface area contributed by atoms with Crippen molar-refractivity contribution in [2.24, 2.45) is 5.92 Å². The fourth-order valence-electron chi connectivity index (χ4n) is 1.76. The van der Waals surface area contributed by atoms with Gasteiger partial charge in [0.2, 0.25) is 0 Å². The highest BCUT2D eigenvalue weighted by Gasteiger charge is 2.25. The normalized spacial score (nSPS) is 13.3. The Morgan fingerprint density at radius 2 is 1.86 bits per heavy atom. The van der Waals surface area contributed by atoms with Crippen LogP contribution in [0.1, 0.15) is 31.2 Å². The van der Waals surface area contributed by atoms with Gasteiger partial charge in [0.25, 0.3) is 0 Å². The van der Waals surface area contributed by atoms with E-state index >= 15 is 0 Å². The van der Waals surface area contributed by atoms with Crippen molar-refractivity contribution in [3.63, 3.8) is 0 Å². The second kappa shape index (κ2) is 7.42. The third-order valence-corrected chi connectivity index (χ3v) is 3.02. The Bertz CT molecular complexity index is 510. The number of amides is 1. The first-order valence-electron chi connectivity index (χ1n) is 6.81. The fourth-order valence-corrected chi connectivity index (χ4v) is 1.76. The van der Waals surface area contributed by atoms with Crippen LogP contribution in [-0.4, -0.2) is 17.8 Å². The summed E-state index contributed by atoms with van der Waals surface area (Å²) in [4.78, 5) is 38.5. The minimum Gasteiger partial charge on any atom is -0.443 e. The number of carbonyl (C=O) groups excluding carboxylic acids is 3. The van der Waals surface area contributed by atoms with E-state index in [2.05, 4.69) is 4.84 Å². The average molecular weight is 291 g/mol. The van der Waals surface area contributed by atoms with Gasteiger partial charge in [0.15, 0.2) is 0 Å². The van der Waals surface area contributed by atoms with Gasteiger partial charge in [-0.1, -0.05) is 30.3 Å². The largest absolute Gasteiger partial charge is 0.443 e. The third kappa shape index (κ3) is 6.07. The number of benzene rings is 1. The highest BCUT2D eigenvalue weighted by Crippen LogP contribution is 2.32. The lowest BCUT2D eigenvalue weighted by Crippen LogP contribution is -2.28. The van der Waals surface area contributed by atoms with E-state index in [4.69, 9.17) is 4.74 Å². The molecule has 1 aromatic rings. The molecule has 21 heavy (non-hydrogen) atoms. The summed E-state index contributed by atoms with van der Waals surface area (Å²) in [6, 6.07) is 9.10. The van der Waals surface area contributed by atoms with Gasteiger partial charge in [-0.05, 0) is 24.3 Å². The summed E-state index contributed by atoms with van der Waals surface area (Å²) < 4.78 is 4.85. The molecule has 6 heteroatoms. The Balaban J connectivity index is 1.59. The lowest BCUT2D eigenvalue weighted by Gasteiger charge is -2.06. The van der Waals surface area contributed by atoms with E-state index < -0.39 is 12.1 Å². The summed E-state index contributed by atoms with van der Waals surface area (Å²) in [6.45, 7) is 0.0742. The Labute approximate surface area is 122 Å². The molecule has 1 amide bonds. The molecule has 112 valence electrons. The highest BCUT2D eigenvalue weighted by molar-refractivity contribution is 5.95. The smallest absolute Gasteiger partial charge is 0.441 e. The van der Waals surface area contributed by atoms with Gasteiger partial charge in [0.1, 0.15) is 18.8 Å². The number of rotatable bonds is 6. The van der Waals surface area contributed by atoms with Crippen molar-refractivity contribution in [3.05, 3.63) is 35.9 Å². The number of ketones is 1. The van der Waals surface area contributed by atoms with Gasteiger partial charge >= 0.3 is 12.1 Å². The molecule has 1 aliphatic carbocycles. The molecule has 6 nitrogen and oxygen atoms in total. The minimum atomic E-state index is -0.873. The van der Waals surface area contributed by atoms with Crippen LogP contribution < -0.4 is 5.48 Å². The van der Waals surface area contributed by atoms with E-state index in [1.54, 1.807) is 12.1 Å². The first kappa shape index (κ1) is 15.0. The molecule has 0 radical (unpaired) electrons. The number of hydrogen-bond donors (Lipinski definition) is 1. The summed E-state index contributed by atoms with van der Waals surface area (Å²) in [5, 5.41) is 0. The molecule has 0 aromatic heterocycles. The lowest BCUT2D eigenvalue weighted by molar-refractivity contribution is -0.151. The van der Waals surface area contributed by atoms with Crippen LogP contribution in [0, 0.1) is 5.92 Å². The van der Waals surface area contributed by atoms with Crippen molar-refractivity contribution in [1.29, 1.82) is 0 Å². The van der Waals surface area contributed by atoms with Crippen LogP contribution in [0.5, 0.6) is 0 Å². The van der Waals surface area contributed by atoms with E-state index in [9.17, 15) is 14.4 Å². The first-order chi connectivity index (χ1) is 10.1. The van der Waals surface area contributed by atoms with Gasteiger partial charge in [-0.15, -0.1) is 5.48 Å². The zero-order valence-corrected chi connectivity index (χ0v) is 11.5. The molecule has 0 bridgehead atoms. The molecule has 0 spiro atoms. The fraction of sp³-hybridized carbons (Fsp3) is 0.400. The maximum absolute atomic E-state index is 11.4. The molecule has 1 saturated carbocycles. The maximum Gasteiger partial charge on any atom is 0.441 e. The van der Waals surface area contributed by atoms with Crippen LogP contribution in [0.3, 0.4) is 0 Å². The minimum absolute atomic E-state index is 0.0742. The van der Waals surface area contributed by atoms with Crippen LogP contribution >= 0.6 is 0 Å². The molecule has 0 unspecified atom stereocenters. The standard InChI is InChI=1S/C15H17NO5/c17-13(8-11-6-7-11)9-14(18)21-16-15(19)20-10-12-4-2-1-3-5-12/h1-5,11H,6-10H2,(H,16,19). The topological polar surface area (TPSA) is 81.7 Å². The molecular formula is C15H17NO5. The Morgan fingerprint density at radius 3 is 2.52 bits per heavy atom. The number of hydrogen-bond acceptors (Lipinski definition) is 5. The molecule has 0 aliphatic heterocycles. The SMILES string of the molecule is O=C(CC(=O)ONC(=O)OCc1ccccc1)CC1CC1. The predicted octanol–water partition coefficient (Wildman–Crippen LogP) is 2.13. The van der Waals surface area contributed by atoms with Crippen LogP contribution in [0.15, 0.2) is 30.3 Å². The third-order valence-electron chi connectivity index (χ3n) is 3.02. The van der Waals surface area contributed by atoms with Crippen molar-refractivity contribution in [1.82, 2.24) is 5.48 Å². The monoisotopic (exact) mass is 291 g/mol. The van der Waals surface area contributed by atoms with Crippen molar-refractivity contribution >= 4 is 17.8 Å². The Kier molecular flexibility index (Phi) is 5.31.